The molecule has 0 aliphatic heterocycles. The van der Waals surface area contributed by atoms with Gasteiger partial charge in [0.1, 0.15) is 5.75 Å². The van der Waals surface area contributed by atoms with Gasteiger partial charge in [0.2, 0.25) is 5.91 Å². The molecule has 0 atom stereocenters. The summed E-state index contributed by atoms with van der Waals surface area (Å²) in [4.78, 5) is 12.0. The highest BCUT2D eigenvalue weighted by atomic mass is 32.2. The number of nitrogens with zero attached hydrogens (tertiary/aromatic N) is 2. The molecular weight excluding hydrogens is 294 g/mol. The van der Waals surface area contributed by atoms with E-state index in [2.05, 4.69) is 5.32 Å². The number of ether oxygens (including phenoxy) is 1. The number of likely N-dealkylation sites (N-methyl/N-ethyl adjacent to an activating group) is 1. The monoisotopic (exact) mass is 315 g/mol. The highest BCUT2D eigenvalue weighted by molar-refractivity contribution is 7.86. The molecule has 1 N–H and O–H groups in total. The van der Waals surface area contributed by atoms with E-state index in [9.17, 15) is 13.2 Å². The Kier molecular flexibility index (Phi) is 6.13. The zero-order valence-corrected chi connectivity index (χ0v) is 13.5. The predicted octanol–water partition coefficient (Wildman–Crippen LogP) is 0.762. The Morgan fingerprint density at radius 2 is 1.86 bits per heavy atom. The number of hydrogen-bond acceptors (Lipinski definition) is 4. The number of amides is 1. The lowest BCUT2D eigenvalue weighted by Crippen LogP contribution is -2.41. The first-order valence-corrected chi connectivity index (χ1v) is 7.84. The van der Waals surface area contributed by atoms with Crippen LogP contribution in [0.25, 0.3) is 0 Å². The summed E-state index contributed by atoms with van der Waals surface area (Å²) in [5, 5.41) is 2.65. The molecule has 0 spiro atoms. The third-order valence-electron chi connectivity index (χ3n) is 2.68. The highest BCUT2D eigenvalue weighted by Crippen LogP contribution is 2.23. The van der Waals surface area contributed by atoms with E-state index >= 15 is 0 Å². The van der Waals surface area contributed by atoms with E-state index in [0.717, 1.165) is 8.61 Å². The molecule has 1 aromatic carbocycles. The van der Waals surface area contributed by atoms with E-state index < -0.39 is 16.1 Å². The molecule has 1 aromatic rings. The molecule has 0 bridgehead atoms. The van der Waals surface area contributed by atoms with E-state index in [0.29, 0.717) is 18.0 Å². The average molecular weight is 315 g/mol. The van der Waals surface area contributed by atoms with Crippen molar-refractivity contribution < 1.29 is 17.9 Å². The van der Waals surface area contributed by atoms with Crippen molar-refractivity contribution in [1.82, 2.24) is 8.61 Å². The second kappa shape index (κ2) is 7.39. The van der Waals surface area contributed by atoms with Gasteiger partial charge in [0.25, 0.3) is 10.2 Å². The number of benzene rings is 1. The van der Waals surface area contributed by atoms with Crippen LogP contribution in [0.1, 0.15) is 6.92 Å². The van der Waals surface area contributed by atoms with E-state index in [1.54, 1.807) is 24.3 Å². The van der Waals surface area contributed by atoms with E-state index in [4.69, 9.17) is 4.74 Å². The summed E-state index contributed by atoms with van der Waals surface area (Å²) in [7, 11) is 0.562. The maximum absolute atomic E-state index is 12.0. The first-order valence-electron chi connectivity index (χ1n) is 6.44. The molecule has 0 saturated heterocycles. The lowest BCUT2D eigenvalue weighted by molar-refractivity contribution is -0.116. The predicted molar refractivity (Wildman–Crippen MR) is 81.5 cm³/mol. The molecule has 0 radical (unpaired) electrons. The van der Waals surface area contributed by atoms with Gasteiger partial charge in [0.05, 0.1) is 18.8 Å². The normalized spacial score (nSPS) is 11.7. The standard InChI is InChI=1S/C13H21N3O4S/c1-5-20-12-9-7-6-8-11(12)14-13(17)10-16(4)21(18,19)15(2)3/h6-9H,5,10H2,1-4H3,(H,14,17). The Morgan fingerprint density at radius 3 is 2.43 bits per heavy atom. The lowest BCUT2D eigenvalue weighted by atomic mass is 10.3. The zero-order chi connectivity index (χ0) is 16.0. The van der Waals surface area contributed by atoms with Gasteiger partial charge in [-0.3, -0.25) is 4.79 Å². The maximum Gasteiger partial charge on any atom is 0.281 e. The minimum absolute atomic E-state index is 0.277. The second-order valence-electron chi connectivity index (χ2n) is 4.52. The van der Waals surface area contributed by atoms with Crippen molar-refractivity contribution >= 4 is 21.8 Å². The Balaban J connectivity index is 2.75. The van der Waals surface area contributed by atoms with Gasteiger partial charge >= 0.3 is 0 Å². The molecule has 1 amide bonds. The summed E-state index contributed by atoms with van der Waals surface area (Å²) < 4.78 is 31.1. The van der Waals surface area contributed by atoms with Crippen LogP contribution in [0.3, 0.4) is 0 Å². The van der Waals surface area contributed by atoms with Crippen LogP contribution in [-0.2, 0) is 15.0 Å². The van der Waals surface area contributed by atoms with Crippen LogP contribution in [0.15, 0.2) is 24.3 Å². The summed E-state index contributed by atoms with van der Waals surface area (Å²) in [6.07, 6.45) is 0. The summed E-state index contributed by atoms with van der Waals surface area (Å²) >= 11 is 0. The molecule has 0 aromatic heterocycles. The lowest BCUT2D eigenvalue weighted by Gasteiger charge is -2.21. The first-order chi connectivity index (χ1) is 9.78. The number of nitrogens with one attached hydrogen (secondary N) is 1. The number of hydrogen-bond donors (Lipinski definition) is 1. The minimum atomic E-state index is -3.61. The van der Waals surface area contributed by atoms with Crippen LogP contribution in [0.4, 0.5) is 5.69 Å². The highest BCUT2D eigenvalue weighted by Gasteiger charge is 2.23. The Hall–Kier alpha value is -1.64. The quantitative estimate of drug-likeness (QED) is 0.806. The smallest absolute Gasteiger partial charge is 0.281 e. The average Bonchev–Trinajstić information content (AvgIpc) is 2.40. The van der Waals surface area contributed by atoms with Gasteiger partial charge in [0, 0.05) is 21.1 Å². The van der Waals surface area contributed by atoms with Gasteiger partial charge in [0.15, 0.2) is 0 Å². The van der Waals surface area contributed by atoms with Crippen molar-refractivity contribution in [1.29, 1.82) is 0 Å². The fraction of sp³-hybridized carbons (Fsp3) is 0.462. The van der Waals surface area contributed by atoms with Gasteiger partial charge in [-0.25, -0.2) is 0 Å². The molecule has 0 fully saturated rings. The van der Waals surface area contributed by atoms with Gasteiger partial charge in [-0.1, -0.05) is 12.1 Å². The van der Waals surface area contributed by atoms with Crippen molar-refractivity contribution in [2.45, 2.75) is 6.92 Å². The Morgan fingerprint density at radius 1 is 1.24 bits per heavy atom. The number of rotatable bonds is 7. The van der Waals surface area contributed by atoms with E-state index in [1.807, 2.05) is 6.92 Å². The zero-order valence-electron chi connectivity index (χ0n) is 12.7. The fourth-order valence-electron chi connectivity index (χ4n) is 1.60. The van der Waals surface area contributed by atoms with E-state index in [1.165, 1.54) is 21.1 Å². The van der Waals surface area contributed by atoms with Crippen molar-refractivity contribution in [2.24, 2.45) is 0 Å². The summed E-state index contributed by atoms with van der Waals surface area (Å²) in [5.74, 6) is 0.113. The van der Waals surface area contributed by atoms with Crippen LogP contribution >= 0.6 is 0 Å². The van der Waals surface area contributed by atoms with E-state index in [-0.39, 0.29) is 6.54 Å². The molecule has 0 aliphatic rings. The molecule has 0 aliphatic carbocycles. The van der Waals surface area contributed by atoms with Gasteiger partial charge in [-0.05, 0) is 19.1 Å². The topological polar surface area (TPSA) is 79.0 Å². The van der Waals surface area contributed by atoms with Crippen LogP contribution in [0, 0.1) is 0 Å². The number of carbonyl (C=O) groups is 1. The van der Waals surface area contributed by atoms with Crippen molar-refractivity contribution in [3.8, 4) is 5.75 Å². The fourth-order valence-corrected chi connectivity index (χ4v) is 2.44. The minimum Gasteiger partial charge on any atom is -0.492 e. The molecule has 0 unspecified atom stereocenters. The van der Waals surface area contributed by atoms with Gasteiger partial charge in [-0.2, -0.15) is 17.0 Å². The number of para-hydroxylation sites is 2. The number of anilines is 1. The number of carbonyl (C=O) groups excluding carboxylic acids is 1. The Labute approximate surface area is 125 Å². The maximum atomic E-state index is 12.0. The molecule has 8 heteroatoms. The van der Waals surface area contributed by atoms with Gasteiger partial charge in [-0.15, -0.1) is 0 Å². The summed E-state index contributed by atoms with van der Waals surface area (Å²) in [6, 6.07) is 6.99. The van der Waals surface area contributed by atoms with Crippen LogP contribution in [0.5, 0.6) is 5.75 Å². The summed E-state index contributed by atoms with van der Waals surface area (Å²) in [6.45, 7) is 2.04. The van der Waals surface area contributed by atoms with Crippen molar-refractivity contribution in [3.05, 3.63) is 24.3 Å². The van der Waals surface area contributed by atoms with Crippen LogP contribution in [-0.4, -0.2) is 57.2 Å². The SMILES string of the molecule is CCOc1ccccc1NC(=O)CN(C)S(=O)(=O)N(C)C. The van der Waals surface area contributed by atoms with Crippen molar-refractivity contribution in [2.75, 3.05) is 39.6 Å². The van der Waals surface area contributed by atoms with Crippen LogP contribution < -0.4 is 10.1 Å². The molecule has 0 saturated carbocycles. The van der Waals surface area contributed by atoms with Gasteiger partial charge < -0.3 is 10.1 Å². The third-order valence-corrected chi connectivity index (χ3v) is 4.52. The Bertz CT molecular complexity index is 587. The second-order valence-corrected chi connectivity index (χ2v) is 6.77. The molecule has 0 heterocycles. The third kappa shape index (κ3) is 4.69. The van der Waals surface area contributed by atoms with Crippen molar-refractivity contribution in [3.63, 3.8) is 0 Å². The molecule has 1 rings (SSSR count). The first kappa shape index (κ1) is 17.4. The molecular formula is C13H21N3O4S. The van der Waals surface area contributed by atoms with Crippen LogP contribution in [0.2, 0.25) is 0 Å². The summed E-state index contributed by atoms with van der Waals surface area (Å²) in [5.41, 5.74) is 0.514. The molecule has 7 nitrogen and oxygen atoms in total. The molecule has 21 heavy (non-hydrogen) atoms. The molecule has 118 valence electrons. The largest absolute Gasteiger partial charge is 0.492 e.